The highest BCUT2D eigenvalue weighted by Crippen LogP contribution is 2.38. The number of fused-ring (bicyclic) bond motifs is 1. The average Bonchev–Trinajstić information content (AvgIpc) is 3.07. The summed E-state index contributed by atoms with van der Waals surface area (Å²) in [5.41, 5.74) is 3.48. The molecule has 0 spiro atoms. The third-order valence-electron chi connectivity index (χ3n) is 4.36. The predicted octanol–water partition coefficient (Wildman–Crippen LogP) is 5.10. The number of aromatic nitrogens is 4. The Hall–Kier alpha value is -3.63. The average molecular weight is 423 g/mol. The summed E-state index contributed by atoms with van der Waals surface area (Å²) < 4.78 is 80.2. The molecule has 0 aliphatic heterocycles. The molecule has 1 aromatic carbocycles. The molecule has 0 saturated heterocycles. The minimum atomic E-state index is -5.07. The third-order valence-corrected chi connectivity index (χ3v) is 4.36. The van der Waals surface area contributed by atoms with Gasteiger partial charge in [0.1, 0.15) is 11.5 Å². The molecule has 4 rings (SSSR count). The fourth-order valence-corrected chi connectivity index (χ4v) is 2.97. The maximum atomic E-state index is 13.3. The molecule has 0 amide bonds. The summed E-state index contributed by atoms with van der Waals surface area (Å²) in [4.78, 5) is 7.15. The highest BCUT2D eigenvalue weighted by atomic mass is 19.4. The molecule has 0 unspecified atom stereocenters. The highest BCUT2D eigenvalue weighted by Gasteiger charge is 2.39. The maximum absolute atomic E-state index is 13.3. The van der Waals surface area contributed by atoms with E-state index in [1.165, 1.54) is 12.3 Å². The number of hydrogen-bond acceptors (Lipinski definition) is 4. The molecule has 0 aliphatic carbocycles. The van der Waals surface area contributed by atoms with Crippen molar-refractivity contribution in [3.05, 3.63) is 66.0 Å². The molecule has 0 saturated carbocycles. The molecule has 2 N–H and O–H groups in total. The van der Waals surface area contributed by atoms with Crippen molar-refractivity contribution < 1.29 is 26.3 Å². The molecule has 0 radical (unpaired) electrons. The van der Waals surface area contributed by atoms with Crippen molar-refractivity contribution in [2.75, 3.05) is 5.73 Å². The van der Waals surface area contributed by atoms with Gasteiger partial charge in [-0.25, -0.2) is 9.97 Å². The normalized spacial score (nSPS) is 12.5. The Balaban J connectivity index is 1.90. The molecule has 0 bridgehead atoms. The van der Waals surface area contributed by atoms with Crippen molar-refractivity contribution >= 4 is 16.9 Å². The Bertz CT molecular complexity index is 1230. The van der Waals surface area contributed by atoms with Gasteiger partial charge in [0.05, 0.1) is 11.8 Å². The Morgan fingerprint density at radius 3 is 2.17 bits per heavy atom. The molecular weight excluding hydrogens is 412 g/mol. The number of alkyl halides is 6. The SMILES string of the molecule is Nc1c(-c2ccccc2)cnn1-c1ccc2c(C(F)(F)F)cc(C(F)(F)F)nc2n1. The Morgan fingerprint density at radius 2 is 1.53 bits per heavy atom. The third kappa shape index (κ3) is 3.42. The van der Waals surface area contributed by atoms with Crippen molar-refractivity contribution in [2.45, 2.75) is 12.4 Å². The van der Waals surface area contributed by atoms with Crippen molar-refractivity contribution in [2.24, 2.45) is 0 Å². The van der Waals surface area contributed by atoms with Crippen LogP contribution in [0.15, 0.2) is 54.7 Å². The summed E-state index contributed by atoms with van der Waals surface area (Å²) in [6.07, 6.45) is -8.66. The van der Waals surface area contributed by atoms with Crippen LogP contribution in [0.2, 0.25) is 0 Å². The van der Waals surface area contributed by atoms with E-state index in [1.54, 1.807) is 30.3 Å². The van der Waals surface area contributed by atoms with E-state index in [-0.39, 0.29) is 17.7 Å². The largest absolute Gasteiger partial charge is 0.433 e. The molecule has 4 aromatic rings. The zero-order valence-electron chi connectivity index (χ0n) is 14.8. The lowest BCUT2D eigenvalue weighted by Gasteiger charge is -2.14. The summed E-state index contributed by atoms with van der Waals surface area (Å²) in [6.45, 7) is 0. The Labute approximate surface area is 164 Å². The van der Waals surface area contributed by atoms with Crippen LogP contribution in [0, 0.1) is 0 Å². The van der Waals surface area contributed by atoms with Crippen LogP contribution in [0.3, 0.4) is 0 Å². The second kappa shape index (κ2) is 6.71. The fraction of sp³-hybridized carbons (Fsp3) is 0.105. The summed E-state index contributed by atoms with van der Waals surface area (Å²) >= 11 is 0. The highest BCUT2D eigenvalue weighted by molar-refractivity contribution is 5.81. The lowest BCUT2D eigenvalue weighted by molar-refractivity contribution is -0.144. The number of anilines is 1. The number of hydrogen-bond donors (Lipinski definition) is 1. The number of benzene rings is 1. The van der Waals surface area contributed by atoms with Crippen LogP contribution in [0.4, 0.5) is 32.2 Å². The quantitative estimate of drug-likeness (QED) is 0.456. The number of nitrogen functional groups attached to an aromatic ring is 1. The number of nitrogens with zero attached hydrogens (tertiary/aromatic N) is 4. The second-order valence-electron chi connectivity index (χ2n) is 6.31. The predicted molar refractivity (Wildman–Crippen MR) is 96.5 cm³/mol. The van der Waals surface area contributed by atoms with Gasteiger partial charge >= 0.3 is 12.4 Å². The van der Waals surface area contributed by atoms with E-state index in [2.05, 4.69) is 15.1 Å². The molecule has 3 heterocycles. The van der Waals surface area contributed by atoms with Crippen LogP contribution in [-0.4, -0.2) is 19.7 Å². The molecule has 11 heteroatoms. The van der Waals surface area contributed by atoms with Gasteiger partial charge in [0.25, 0.3) is 0 Å². The van der Waals surface area contributed by atoms with Crippen LogP contribution >= 0.6 is 0 Å². The number of halogens is 6. The molecule has 0 fully saturated rings. The molecule has 0 aliphatic rings. The van der Waals surface area contributed by atoms with Gasteiger partial charge in [-0.05, 0) is 23.8 Å². The zero-order valence-corrected chi connectivity index (χ0v) is 14.8. The smallest absolute Gasteiger partial charge is 0.383 e. The fourth-order valence-electron chi connectivity index (χ4n) is 2.97. The summed E-state index contributed by atoms with van der Waals surface area (Å²) in [5, 5.41) is 3.51. The van der Waals surface area contributed by atoms with Gasteiger partial charge in [-0.3, -0.25) is 0 Å². The van der Waals surface area contributed by atoms with Gasteiger partial charge < -0.3 is 5.73 Å². The van der Waals surface area contributed by atoms with Crippen LogP contribution in [0.1, 0.15) is 11.3 Å². The molecule has 3 aromatic heterocycles. The molecule has 0 atom stereocenters. The van der Waals surface area contributed by atoms with Crippen molar-refractivity contribution in [1.29, 1.82) is 0 Å². The number of pyridine rings is 2. The van der Waals surface area contributed by atoms with E-state index in [1.807, 2.05) is 0 Å². The minimum absolute atomic E-state index is 0.0283. The minimum Gasteiger partial charge on any atom is -0.383 e. The zero-order chi connectivity index (χ0) is 21.7. The molecule has 154 valence electrons. The number of rotatable bonds is 2. The van der Waals surface area contributed by atoms with Crippen LogP contribution < -0.4 is 5.73 Å². The summed E-state index contributed by atoms with van der Waals surface area (Å²) in [7, 11) is 0. The van der Waals surface area contributed by atoms with Gasteiger partial charge in [-0.1, -0.05) is 30.3 Å². The van der Waals surface area contributed by atoms with Gasteiger partial charge in [0, 0.05) is 10.9 Å². The first-order chi connectivity index (χ1) is 14.1. The van der Waals surface area contributed by atoms with Crippen LogP contribution in [-0.2, 0) is 12.4 Å². The van der Waals surface area contributed by atoms with E-state index in [0.29, 0.717) is 5.56 Å². The first-order valence-corrected chi connectivity index (χ1v) is 8.41. The lowest BCUT2D eigenvalue weighted by Crippen LogP contribution is -2.14. The lowest BCUT2D eigenvalue weighted by atomic mass is 10.1. The van der Waals surface area contributed by atoms with Gasteiger partial charge in [0.2, 0.25) is 0 Å². The molecular formula is C19H11F6N5. The van der Waals surface area contributed by atoms with E-state index < -0.39 is 34.6 Å². The first kappa shape index (κ1) is 19.7. The van der Waals surface area contributed by atoms with Gasteiger partial charge in [-0.15, -0.1) is 0 Å². The van der Waals surface area contributed by atoms with E-state index >= 15 is 0 Å². The first-order valence-electron chi connectivity index (χ1n) is 8.41. The van der Waals surface area contributed by atoms with Gasteiger partial charge in [-0.2, -0.15) is 36.1 Å². The van der Waals surface area contributed by atoms with Gasteiger partial charge in [0.15, 0.2) is 11.5 Å². The summed E-state index contributed by atoms with van der Waals surface area (Å²) in [6, 6.07) is 11.1. The molecule has 30 heavy (non-hydrogen) atoms. The van der Waals surface area contributed by atoms with Crippen molar-refractivity contribution in [3.8, 4) is 16.9 Å². The Kier molecular flexibility index (Phi) is 4.40. The molecule has 5 nitrogen and oxygen atoms in total. The van der Waals surface area contributed by atoms with E-state index in [9.17, 15) is 26.3 Å². The maximum Gasteiger partial charge on any atom is 0.433 e. The Morgan fingerprint density at radius 1 is 0.833 bits per heavy atom. The number of nitrogens with two attached hydrogens (primary N) is 1. The second-order valence-corrected chi connectivity index (χ2v) is 6.31. The van der Waals surface area contributed by atoms with E-state index in [4.69, 9.17) is 5.73 Å². The summed E-state index contributed by atoms with van der Waals surface area (Å²) in [5.74, 6) is 0.0539. The van der Waals surface area contributed by atoms with Crippen molar-refractivity contribution in [3.63, 3.8) is 0 Å². The van der Waals surface area contributed by atoms with Crippen LogP contribution in [0.25, 0.3) is 28.0 Å². The van der Waals surface area contributed by atoms with E-state index in [0.717, 1.165) is 16.3 Å². The topological polar surface area (TPSA) is 69.6 Å². The van der Waals surface area contributed by atoms with Crippen LogP contribution in [0.5, 0.6) is 0 Å². The standard InChI is InChI=1S/C19H11F6N5/c20-18(21,22)13-8-14(19(23,24)25)28-17-11(13)6-7-15(29-17)30-16(26)12(9-27-30)10-4-2-1-3-5-10/h1-9H,26H2. The monoisotopic (exact) mass is 423 g/mol. The van der Waals surface area contributed by atoms with Crippen molar-refractivity contribution in [1.82, 2.24) is 19.7 Å².